The highest BCUT2D eigenvalue weighted by molar-refractivity contribution is 6.62. The summed E-state index contributed by atoms with van der Waals surface area (Å²) in [6.45, 7) is 8.31. The number of hydrogen-bond donors (Lipinski definition) is 0. The molecule has 3 aliphatic rings. The highest BCUT2D eigenvalue weighted by atomic mass is 16.7. The largest absolute Gasteiger partial charge is 0.494 e. The van der Waals surface area contributed by atoms with Gasteiger partial charge in [0.05, 0.1) is 11.2 Å². The summed E-state index contributed by atoms with van der Waals surface area (Å²) in [6, 6.07) is 9.21. The molecule has 1 aromatic carbocycles. The quantitative estimate of drug-likeness (QED) is 0.783. The van der Waals surface area contributed by atoms with Gasteiger partial charge >= 0.3 is 7.12 Å². The fraction of sp³-hybridized carbons (Fsp3) is 0.632. The molecule has 0 radical (unpaired) electrons. The Balaban J connectivity index is 1.61. The molecule has 0 N–H and O–H groups in total. The van der Waals surface area contributed by atoms with Crippen molar-refractivity contribution in [1.82, 2.24) is 0 Å². The standard InChI is InChI=1S/C19H26BNO3/c1-18(2)19(3,4)24-20(23-18)13-6-5-7-14(10-13)21-15-8-9-16(21)12-17(22)11-15/h5-7,10,15-16H,8-9,11-12H2,1-4H3. The van der Waals surface area contributed by atoms with Crippen molar-refractivity contribution >= 4 is 24.1 Å². The maximum atomic E-state index is 11.9. The van der Waals surface area contributed by atoms with Gasteiger partial charge in [0.1, 0.15) is 5.78 Å². The number of anilines is 1. The number of piperidine rings is 1. The van der Waals surface area contributed by atoms with Crippen molar-refractivity contribution in [3.05, 3.63) is 24.3 Å². The Labute approximate surface area is 144 Å². The van der Waals surface area contributed by atoms with Gasteiger partial charge in [-0.25, -0.2) is 0 Å². The third-order valence-electron chi connectivity index (χ3n) is 6.24. The third-order valence-corrected chi connectivity index (χ3v) is 6.24. The van der Waals surface area contributed by atoms with E-state index in [4.69, 9.17) is 9.31 Å². The minimum absolute atomic E-state index is 0.329. The van der Waals surface area contributed by atoms with Crippen LogP contribution in [0.2, 0.25) is 0 Å². The Morgan fingerprint density at radius 1 is 1.04 bits per heavy atom. The van der Waals surface area contributed by atoms with Gasteiger partial charge in [-0.05, 0) is 58.1 Å². The molecule has 2 atom stereocenters. The molecule has 5 heteroatoms. The predicted octanol–water partition coefficient (Wildman–Crippen LogP) is 2.69. The average Bonchev–Trinajstić information content (AvgIpc) is 2.90. The van der Waals surface area contributed by atoms with Crippen LogP contribution in [0.25, 0.3) is 0 Å². The number of fused-ring (bicyclic) bond motifs is 2. The Morgan fingerprint density at radius 3 is 2.21 bits per heavy atom. The highest BCUT2D eigenvalue weighted by Gasteiger charge is 2.52. The molecule has 3 fully saturated rings. The minimum Gasteiger partial charge on any atom is -0.399 e. The van der Waals surface area contributed by atoms with Crippen molar-refractivity contribution in [2.45, 2.75) is 76.7 Å². The van der Waals surface area contributed by atoms with Gasteiger partial charge in [0.25, 0.3) is 0 Å². The monoisotopic (exact) mass is 327 g/mol. The zero-order valence-corrected chi connectivity index (χ0v) is 15.0. The first-order chi connectivity index (χ1) is 11.3. The molecule has 4 rings (SSSR count). The molecular weight excluding hydrogens is 301 g/mol. The summed E-state index contributed by atoms with van der Waals surface area (Å²) in [5.74, 6) is 0.417. The molecule has 128 valence electrons. The average molecular weight is 327 g/mol. The summed E-state index contributed by atoms with van der Waals surface area (Å²) in [4.78, 5) is 14.3. The van der Waals surface area contributed by atoms with Crippen LogP contribution in [0.5, 0.6) is 0 Å². The molecule has 0 saturated carbocycles. The van der Waals surface area contributed by atoms with Crippen molar-refractivity contribution in [2.75, 3.05) is 4.90 Å². The van der Waals surface area contributed by atoms with Gasteiger partial charge < -0.3 is 14.2 Å². The highest BCUT2D eigenvalue weighted by Crippen LogP contribution is 2.39. The van der Waals surface area contributed by atoms with Crippen molar-refractivity contribution in [2.24, 2.45) is 0 Å². The van der Waals surface area contributed by atoms with Gasteiger partial charge in [0.2, 0.25) is 0 Å². The van der Waals surface area contributed by atoms with E-state index in [0.717, 1.165) is 18.3 Å². The van der Waals surface area contributed by atoms with E-state index in [0.29, 0.717) is 30.7 Å². The smallest absolute Gasteiger partial charge is 0.399 e. The van der Waals surface area contributed by atoms with Crippen molar-refractivity contribution in [1.29, 1.82) is 0 Å². The van der Waals surface area contributed by atoms with Crippen LogP contribution in [0.1, 0.15) is 53.4 Å². The van der Waals surface area contributed by atoms with Crippen LogP contribution in [0.15, 0.2) is 24.3 Å². The fourth-order valence-electron chi connectivity index (χ4n) is 4.20. The third kappa shape index (κ3) is 2.49. The maximum absolute atomic E-state index is 11.9. The van der Waals surface area contributed by atoms with E-state index in [1.807, 2.05) is 0 Å². The lowest BCUT2D eigenvalue weighted by Gasteiger charge is -2.36. The summed E-state index contributed by atoms with van der Waals surface area (Å²) < 4.78 is 12.4. The van der Waals surface area contributed by atoms with Gasteiger partial charge in [-0.3, -0.25) is 4.79 Å². The van der Waals surface area contributed by atoms with Crippen molar-refractivity contribution < 1.29 is 14.1 Å². The summed E-state index contributed by atoms with van der Waals surface area (Å²) >= 11 is 0. The van der Waals surface area contributed by atoms with E-state index in [1.165, 1.54) is 5.69 Å². The first-order valence-corrected chi connectivity index (χ1v) is 9.02. The molecule has 1 aromatic rings. The zero-order chi connectivity index (χ0) is 17.1. The molecule has 2 bridgehead atoms. The topological polar surface area (TPSA) is 38.8 Å². The maximum Gasteiger partial charge on any atom is 0.494 e. The summed E-state index contributed by atoms with van der Waals surface area (Å²) in [6.07, 6.45) is 3.63. The second-order valence-electron chi connectivity index (χ2n) is 8.42. The Kier molecular flexibility index (Phi) is 3.59. The molecular formula is C19H26BNO3. The minimum atomic E-state index is -0.334. The van der Waals surface area contributed by atoms with E-state index in [-0.39, 0.29) is 18.3 Å². The van der Waals surface area contributed by atoms with Crippen molar-refractivity contribution in [3.8, 4) is 0 Å². The molecule has 3 aliphatic heterocycles. The summed E-state index contributed by atoms with van der Waals surface area (Å²) in [5, 5.41) is 0. The Morgan fingerprint density at radius 2 is 1.62 bits per heavy atom. The number of Topliss-reactive ketones (excluding diaryl/α,β-unsaturated/α-hetero) is 1. The number of ketones is 1. The number of rotatable bonds is 2. The van der Waals surface area contributed by atoms with Crippen LogP contribution in [0.3, 0.4) is 0 Å². The van der Waals surface area contributed by atoms with Crippen LogP contribution in [-0.2, 0) is 14.1 Å². The predicted molar refractivity (Wildman–Crippen MR) is 95.7 cm³/mol. The van der Waals surface area contributed by atoms with Crippen LogP contribution < -0.4 is 10.4 Å². The Bertz CT molecular complexity index is 640. The molecule has 24 heavy (non-hydrogen) atoms. The van der Waals surface area contributed by atoms with Crippen LogP contribution >= 0.6 is 0 Å². The van der Waals surface area contributed by atoms with E-state index < -0.39 is 0 Å². The van der Waals surface area contributed by atoms with Gasteiger partial charge in [0, 0.05) is 30.6 Å². The van der Waals surface area contributed by atoms with E-state index in [9.17, 15) is 4.79 Å². The number of nitrogens with zero attached hydrogens (tertiary/aromatic N) is 1. The lowest BCUT2D eigenvalue weighted by atomic mass is 9.79. The van der Waals surface area contributed by atoms with Crippen LogP contribution in [-0.4, -0.2) is 36.2 Å². The Hall–Kier alpha value is -1.33. The zero-order valence-electron chi connectivity index (χ0n) is 15.0. The molecule has 0 aromatic heterocycles. The van der Waals surface area contributed by atoms with Gasteiger partial charge in [0.15, 0.2) is 0 Å². The fourth-order valence-corrected chi connectivity index (χ4v) is 4.20. The molecule has 3 heterocycles. The number of carbonyl (C=O) groups is 1. The molecule has 2 unspecified atom stereocenters. The van der Waals surface area contributed by atoms with E-state index >= 15 is 0 Å². The van der Waals surface area contributed by atoms with Crippen LogP contribution in [0, 0.1) is 0 Å². The molecule has 4 nitrogen and oxygen atoms in total. The molecule has 0 aliphatic carbocycles. The number of hydrogen-bond acceptors (Lipinski definition) is 4. The van der Waals surface area contributed by atoms with Crippen LogP contribution in [0.4, 0.5) is 5.69 Å². The van der Waals surface area contributed by atoms with Gasteiger partial charge in [-0.1, -0.05) is 12.1 Å². The second-order valence-corrected chi connectivity index (χ2v) is 8.42. The normalized spacial score (nSPS) is 30.9. The summed E-state index contributed by atoms with van der Waals surface area (Å²) in [5.41, 5.74) is 1.60. The van der Waals surface area contributed by atoms with Gasteiger partial charge in [-0.15, -0.1) is 0 Å². The lowest BCUT2D eigenvalue weighted by molar-refractivity contribution is -0.120. The first kappa shape index (κ1) is 16.2. The van der Waals surface area contributed by atoms with E-state index in [2.05, 4.69) is 56.9 Å². The number of benzene rings is 1. The van der Waals surface area contributed by atoms with Gasteiger partial charge in [-0.2, -0.15) is 0 Å². The second kappa shape index (κ2) is 5.33. The number of carbonyl (C=O) groups excluding carboxylic acids is 1. The molecule has 3 saturated heterocycles. The lowest BCUT2D eigenvalue weighted by Crippen LogP contribution is -2.44. The molecule has 0 amide bonds. The first-order valence-electron chi connectivity index (χ1n) is 9.02. The SMILES string of the molecule is CC1(C)OB(c2cccc(N3C4CCC3CC(=O)C4)c2)OC1(C)C. The van der Waals surface area contributed by atoms with Crippen molar-refractivity contribution in [3.63, 3.8) is 0 Å². The van der Waals surface area contributed by atoms with E-state index in [1.54, 1.807) is 0 Å². The summed E-state index contributed by atoms with van der Waals surface area (Å²) in [7, 11) is -0.334. The molecule has 0 spiro atoms.